The monoisotopic (exact) mass is 298 g/mol. The van der Waals surface area contributed by atoms with Crippen LogP contribution < -0.4 is 11.1 Å². The first kappa shape index (κ1) is 17.0. The molecule has 0 saturated carbocycles. The highest BCUT2D eigenvalue weighted by atomic mass is 35.5. The maximum atomic E-state index is 11.8. The summed E-state index contributed by atoms with van der Waals surface area (Å²) in [5, 5.41) is 2.98. The minimum atomic E-state index is -0.226. The molecule has 0 spiro atoms. The number of amides is 1. The van der Waals surface area contributed by atoms with Gasteiger partial charge in [-0.1, -0.05) is 30.3 Å². The van der Waals surface area contributed by atoms with Crippen LogP contribution in [0.3, 0.4) is 0 Å². The van der Waals surface area contributed by atoms with E-state index in [0.717, 1.165) is 38.2 Å². The summed E-state index contributed by atoms with van der Waals surface area (Å²) in [6, 6.07) is 9.51. The molecule has 1 atom stereocenters. The normalized spacial score (nSPS) is 17.1. The van der Waals surface area contributed by atoms with E-state index in [9.17, 15) is 4.79 Å². The van der Waals surface area contributed by atoms with Crippen molar-refractivity contribution >= 4 is 18.3 Å². The number of carbonyl (C=O) groups excluding carboxylic acids is 1. The van der Waals surface area contributed by atoms with Crippen molar-refractivity contribution in [2.45, 2.75) is 25.3 Å². The van der Waals surface area contributed by atoms with E-state index < -0.39 is 0 Å². The van der Waals surface area contributed by atoms with Crippen LogP contribution in [-0.4, -0.2) is 25.7 Å². The van der Waals surface area contributed by atoms with Gasteiger partial charge in [0.15, 0.2) is 0 Å². The minimum Gasteiger partial charge on any atom is -0.381 e. The Kier molecular flexibility index (Phi) is 7.59. The van der Waals surface area contributed by atoms with Crippen molar-refractivity contribution < 1.29 is 9.53 Å². The number of halogens is 1. The predicted octanol–water partition coefficient (Wildman–Crippen LogP) is 2.04. The second-order valence-electron chi connectivity index (χ2n) is 5.08. The first-order valence-electron chi connectivity index (χ1n) is 6.90. The summed E-state index contributed by atoms with van der Waals surface area (Å²) in [7, 11) is 0. The third kappa shape index (κ3) is 5.49. The Hall–Kier alpha value is -1.10. The molecule has 20 heavy (non-hydrogen) atoms. The number of benzene rings is 1. The Bertz CT molecular complexity index is 394. The fraction of sp³-hybridized carbons (Fsp3) is 0.533. The van der Waals surface area contributed by atoms with Gasteiger partial charge in [0.05, 0.1) is 0 Å². The first-order chi connectivity index (χ1) is 9.25. The van der Waals surface area contributed by atoms with Gasteiger partial charge in [0.1, 0.15) is 0 Å². The van der Waals surface area contributed by atoms with Crippen LogP contribution in [0.2, 0.25) is 0 Å². The van der Waals surface area contributed by atoms with E-state index in [4.69, 9.17) is 10.5 Å². The number of nitrogens with two attached hydrogens (primary N) is 1. The third-order valence-electron chi connectivity index (χ3n) is 3.56. The lowest BCUT2D eigenvalue weighted by molar-refractivity contribution is -0.121. The standard InChI is InChI=1S/C15H22N2O2.ClH/c16-14(13-4-2-1-3-5-13)10-15(18)17-11-12-6-8-19-9-7-12;/h1-5,12,14H,6-11,16H2,(H,17,18);1H. The van der Waals surface area contributed by atoms with Crippen molar-refractivity contribution in [3.05, 3.63) is 35.9 Å². The molecule has 1 fully saturated rings. The molecule has 4 nitrogen and oxygen atoms in total. The van der Waals surface area contributed by atoms with Crippen LogP contribution >= 0.6 is 12.4 Å². The summed E-state index contributed by atoms with van der Waals surface area (Å²) in [6.07, 6.45) is 2.41. The predicted molar refractivity (Wildman–Crippen MR) is 81.8 cm³/mol. The van der Waals surface area contributed by atoms with E-state index in [1.54, 1.807) is 0 Å². The van der Waals surface area contributed by atoms with Crippen molar-refractivity contribution in [3.63, 3.8) is 0 Å². The number of carbonyl (C=O) groups is 1. The molecule has 0 aromatic heterocycles. The molecule has 1 aliphatic heterocycles. The van der Waals surface area contributed by atoms with Gasteiger partial charge in [0.25, 0.3) is 0 Å². The summed E-state index contributed by atoms with van der Waals surface area (Å²) in [6.45, 7) is 2.36. The van der Waals surface area contributed by atoms with Crippen LogP contribution in [0, 0.1) is 5.92 Å². The second kappa shape index (κ2) is 8.95. The van der Waals surface area contributed by atoms with Crippen LogP contribution in [0.15, 0.2) is 30.3 Å². The minimum absolute atomic E-state index is 0. The van der Waals surface area contributed by atoms with Crippen molar-refractivity contribution in [2.75, 3.05) is 19.8 Å². The number of hydrogen-bond acceptors (Lipinski definition) is 3. The molecule has 0 bridgehead atoms. The zero-order valence-corrected chi connectivity index (χ0v) is 12.4. The van der Waals surface area contributed by atoms with Gasteiger partial charge in [-0.05, 0) is 24.3 Å². The maximum Gasteiger partial charge on any atom is 0.221 e. The average Bonchev–Trinajstić information content (AvgIpc) is 2.47. The highest BCUT2D eigenvalue weighted by Crippen LogP contribution is 2.15. The van der Waals surface area contributed by atoms with E-state index in [-0.39, 0.29) is 24.4 Å². The van der Waals surface area contributed by atoms with E-state index in [1.165, 1.54) is 0 Å². The second-order valence-corrected chi connectivity index (χ2v) is 5.08. The Morgan fingerprint density at radius 1 is 1.30 bits per heavy atom. The Morgan fingerprint density at radius 2 is 1.95 bits per heavy atom. The molecule has 112 valence electrons. The molecule has 0 aliphatic carbocycles. The quantitative estimate of drug-likeness (QED) is 0.874. The fourth-order valence-corrected chi connectivity index (χ4v) is 2.30. The molecule has 1 heterocycles. The molecule has 1 aromatic carbocycles. The summed E-state index contributed by atoms with van der Waals surface area (Å²) < 4.78 is 5.30. The molecular formula is C15H23ClN2O2. The van der Waals surface area contributed by atoms with Crippen molar-refractivity contribution in [1.29, 1.82) is 0 Å². The lowest BCUT2D eigenvalue weighted by Gasteiger charge is -2.22. The summed E-state index contributed by atoms with van der Waals surface area (Å²) in [5.41, 5.74) is 7.03. The molecule has 2 rings (SSSR count). The van der Waals surface area contributed by atoms with Crippen molar-refractivity contribution in [2.24, 2.45) is 11.7 Å². The largest absolute Gasteiger partial charge is 0.381 e. The molecule has 1 unspecified atom stereocenters. The molecule has 1 aliphatic rings. The van der Waals surface area contributed by atoms with Gasteiger partial charge in [0.2, 0.25) is 5.91 Å². The van der Waals surface area contributed by atoms with Gasteiger partial charge >= 0.3 is 0 Å². The van der Waals surface area contributed by atoms with Crippen LogP contribution in [0.4, 0.5) is 0 Å². The van der Waals surface area contributed by atoms with Crippen LogP contribution in [-0.2, 0) is 9.53 Å². The summed E-state index contributed by atoms with van der Waals surface area (Å²) >= 11 is 0. The zero-order valence-electron chi connectivity index (χ0n) is 11.6. The lowest BCUT2D eigenvalue weighted by atomic mass is 10.00. The highest BCUT2D eigenvalue weighted by Gasteiger charge is 2.16. The van der Waals surface area contributed by atoms with E-state index in [1.807, 2.05) is 30.3 Å². The molecule has 1 aromatic rings. The molecule has 3 N–H and O–H groups in total. The molecule has 1 saturated heterocycles. The lowest BCUT2D eigenvalue weighted by Crippen LogP contribution is -2.33. The molecule has 0 radical (unpaired) electrons. The van der Waals surface area contributed by atoms with E-state index in [2.05, 4.69) is 5.32 Å². The molecule has 5 heteroatoms. The van der Waals surface area contributed by atoms with Gasteiger partial charge in [-0.2, -0.15) is 0 Å². The van der Waals surface area contributed by atoms with Gasteiger partial charge in [-0.15, -0.1) is 12.4 Å². The van der Waals surface area contributed by atoms with Crippen LogP contribution in [0.1, 0.15) is 30.9 Å². The summed E-state index contributed by atoms with van der Waals surface area (Å²) in [5.74, 6) is 0.577. The SMILES string of the molecule is Cl.NC(CC(=O)NCC1CCOCC1)c1ccccc1. The zero-order chi connectivity index (χ0) is 13.5. The van der Waals surface area contributed by atoms with Crippen LogP contribution in [0.25, 0.3) is 0 Å². The Balaban J connectivity index is 0.00000200. The number of hydrogen-bond donors (Lipinski definition) is 2. The highest BCUT2D eigenvalue weighted by molar-refractivity contribution is 5.85. The van der Waals surface area contributed by atoms with Crippen molar-refractivity contribution in [3.8, 4) is 0 Å². The fourth-order valence-electron chi connectivity index (χ4n) is 2.30. The first-order valence-corrected chi connectivity index (χ1v) is 6.90. The average molecular weight is 299 g/mol. The number of rotatable bonds is 5. The van der Waals surface area contributed by atoms with Crippen molar-refractivity contribution in [1.82, 2.24) is 5.32 Å². The van der Waals surface area contributed by atoms with Gasteiger partial charge in [0, 0.05) is 32.2 Å². The maximum absolute atomic E-state index is 11.8. The Labute approximate surface area is 126 Å². The molecule has 1 amide bonds. The smallest absolute Gasteiger partial charge is 0.221 e. The van der Waals surface area contributed by atoms with Gasteiger partial charge in [-0.25, -0.2) is 0 Å². The van der Waals surface area contributed by atoms with Gasteiger partial charge < -0.3 is 15.8 Å². The van der Waals surface area contributed by atoms with E-state index in [0.29, 0.717) is 12.3 Å². The third-order valence-corrected chi connectivity index (χ3v) is 3.56. The molecular weight excluding hydrogens is 276 g/mol. The van der Waals surface area contributed by atoms with Gasteiger partial charge in [-0.3, -0.25) is 4.79 Å². The number of nitrogens with one attached hydrogen (secondary N) is 1. The Morgan fingerprint density at radius 3 is 2.60 bits per heavy atom. The van der Waals surface area contributed by atoms with Crippen LogP contribution in [0.5, 0.6) is 0 Å². The summed E-state index contributed by atoms with van der Waals surface area (Å²) in [4.78, 5) is 11.8. The van der Waals surface area contributed by atoms with E-state index >= 15 is 0 Å². The topological polar surface area (TPSA) is 64.4 Å². The number of ether oxygens (including phenoxy) is 1.